The van der Waals surface area contributed by atoms with Gasteiger partial charge in [0.15, 0.2) is 5.13 Å². The van der Waals surface area contributed by atoms with Gasteiger partial charge in [-0.2, -0.15) is 0 Å². The third-order valence-corrected chi connectivity index (χ3v) is 5.17. The molecule has 0 fully saturated rings. The zero-order valence-corrected chi connectivity index (χ0v) is 16.4. The molecule has 8 heteroatoms. The molecule has 0 bridgehead atoms. The second-order valence-electron chi connectivity index (χ2n) is 6.27. The summed E-state index contributed by atoms with van der Waals surface area (Å²) in [4.78, 5) is 22.8. The van der Waals surface area contributed by atoms with Crippen molar-refractivity contribution >= 4 is 32.6 Å². The van der Waals surface area contributed by atoms with Gasteiger partial charge in [0.25, 0.3) is 5.91 Å². The van der Waals surface area contributed by atoms with Crippen LogP contribution in [0.1, 0.15) is 5.56 Å². The first-order valence-corrected chi connectivity index (χ1v) is 9.75. The molecule has 0 saturated carbocycles. The highest BCUT2D eigenvalue weighted by Crippen LogP contribution is 2.30. The van der Waals surface area contributed by atoms with Crippen molar-refractivity contribution in [1.82, 2.24) is 9.97 Å². The molecule has 2 heterocycles. The van der Waals surface area contributed by atoms with Crippen LogP contribution in [0.25, 0.3) is 10.2 Å². The summed E-state index contributed by atoms with van der Waals surface area (Å²) in [5.74, 6) is -0.955. The Morgan fingerprint density at radius 3 is 2.77 bits per heavy atom. The molecule has 2 aromatic heterocycles. The van der Waals surface area contributed by atoms with Crippen LogP contribution in [0.3, 0.4) is 0 Å². The summed E-state index contributed by atoms with van der Waals surface area (Å²) in [6.45, 7) is 0.222. The van der Waals surface area contributed by atoms with Crippen LogP contribution in [-0.2, 0) is 11.3 Å². The van der Waals surface area contributed by atoms with Gasteiger partial charge in [0, 0.05) is 30.6 Å². The number of anilines is 1. The lowest BCUT2D eigenvalue weighted by Crippen LogP contribution is -2.28. The fourth-order valence-corrected chi connectivity index (χ4v) is 3.67. The highest BCUT2D eigenvalue weighted by Gasteiger charge is 2.19. The summed E-state index contributed by atoms with van der Waals surface area (Å²) in [6, 6.07) is 13.5. The number of pyridine rings is 1. The minimum atomic E-state index is -0.438. The predicted molar refractivity (Wildman–Crippen MR) is 111 cm³/mol. The molecule has 0 atom stereocenters. The number of thiazole rings is 1. The van der Waals surface area contributed by atoms with E-state index in [1.165, 1.54) is 58.9 Å². The molecule has 4 rings (SSSR count). The van der Waals surface area contributed by atoms with Gasteiger partial charge in [0.2, 0.25) is 0 Å². The van der Waals surface area contributed by atoms with E-state index < -0.39 is 17.5 Å². The van der Waals surface area contributed by atoms with Gasteiger partial charge in [0.1, 0.15) is 17.4 Å². The van der Waals surface area contributed by atoms with Crippen molar-refractivity contribution in [1.29, 1.82) is 0 Å². The number of nitrogens with zero attached hydrogens (tertiary/aromatic N) is 3. The van der Waals surface area contributed by atoms with Gasteiger partial charge in [-0.05, 0) is 35.9 Å². The number of benzene rings is 2. The van der Waals surface area contributed by atoms with Crippen molar-refractivity contribution in [3.05, 3.63) is 96.5 Å². The van der Waals surface area contributed by atoms with Gasteiger partial charge in [-0.3, -0.25) is 14.7 Å². The van der Waals surface area contributed by atoms with Crippen LogP contribution in [0.5, 0.6) is 5.75 Å². The lowest BCUT2D eigenvalue weighted by atomic mass is 10.2. The monoisotopic (exact) mass is 423 g/mol. The first-order chi connectivity index (χ1) is 14.6. The van der Waals surface area contributed by atoms with Crippen LogP contribution in [0.4, 0.5) is 13.9 Å². The van der Waals surface area contributed by atoms with E-state index in [9.17, 15) is 13.6 Å². The Balaban J connectivity index is 1.60. The van der Waals surface area contributed by atoms with E-state index in [0.717, 1.165) is 10.3 Å². The van der Waals surface area contributed by atoms with Gasteiger partial charge < -0.3 is 4.74 Å². The van der Waals surface area contributed by atoms with Crippen LogP contribution in [0, 0.1) is 11.6 Å². The van der Waals surface area contributed by atoms with E-state index in [1.54, 1.807) is 30.6 Å². The number of fused-ring (bicyclic) bond motifs is 1. The van der Waals surface area contributed by atoms with Crippen molar-refractivity contribution in [3.63, 3.8) is 0 Å². The number of carbonyl (C=O) groups excluding carboxylic acids is 1. The van der Waals surface area contributed by atoms with E-state index in [1.807, 2.05) is 6.07 Å². The average Bonchev–Trinajstić information content (AvgIpc) is 3.15. The molecule has 30 heavy (non-hydrogen) atoms. The van der Waals surface area contributed by atoms with E-state index in [4.69, 9.17) is 4.74 Å². The Labute approximate surface area is 174 Å². The molecule has 0 N–H and O–H groups in total. The molecular weight excluding hydrogens is 408 g/mol. The molecule has 0 saturated heterocycles. The van der Waals surface area contributed by atoms with Crippen LogP contribution >= 0.6 is 11.3 Å². The van der Waals surface area contributed by atoms with Crippen molar-refractivity contribution in [3.8, 4) is 5.75 Å². The normalized spacial score (nSPS) is 11.1. The Morgan fingerprint density at radius 1 is 1.10 bits per heavy atom. The van der Waals surface area contributed by atoms with E-state index in [0.29, 0.717) is 10.6 Å². The van der Waals surface area contributed by atoms with Gasteiger partial charge in [-0.25, -0.2) is 13.8 Å². The molecule has 0 aliphatic heterocycles. The quantitative estimate of drug-likeness (QED) is 0.320. The minimum absolute atomic E-state index is 0.222. The molecule has 4 aromatic rings. The maximum Gasteiger partial charge on any atom is 0.256 e. The number of hydrogen-bond acceptors (Lipinski definition) is 5. The number of halogens is 2. The van der Waals surface area contributed by atoms with Crippen LogP contribution in [-0.4, -0.2) is 15.9 Å². The van der Waals surface area contributed by atoms with Gasteiger partial charge in [-0.15, -0.1) is 0 Å². The Bertz CT molecular complexity index is 1210. The second kappa shape index (κ2) is 8.79. The predicted octanol–water partition coefficient (Wildman–Crippen LogP) is 5.10. The zero-order chi connectivity index (χ0) is 20.9. The van der Waals surface area contributed by atoms with Crippen molar-refractivity contribution in [2.45, 2.75) is 6.54 Å². The third-order valence-electron chi connectivity index (χ3n) is 4.11. The van der Waals surface area contributed by atoms with Crippen molar-refractivity contribution in [2.75, 3.05) is 4.90 Å². The fourth-order valence-electron chi connectivity index (χ4n) is 2.72. The molecule has 0 aliphatic carbocycles. The average molecular weight is 423 g/mol. The number of amides is 1. The smallest absolute Gasteiger partial charge is 0.256 e. The van der Waals surface area contributed by atoms with Crippen molar-refractivity contribution in [2.24, 2.45) is 0 Å². The second-order valence-corrected chi connectivity index (χ2v) is 7.28. The molecule has 1 amide bonds. The number of carbonyl (C=O) groups is 1. The van der Waals surface area contributed by atoms with Gasteiger partial charge in [0.05, 0.1) is 23.0 Å². The molecule has 0 radical (unpaired) electrons. The SMILES string of the molecule is O=C(C=COc1cccc(F)c1)N(Cc1cccnc1)c1nc2cc(F)ccc2s1. The Hall–Kier alpha value is -3.65. The largest absolute Gasteiger partial charge is 0.465 e. The summed E-state index contributed by atoms with van der Waals surface area (Å²) in [6.07, 6.45) is 5.72. The first-order valence-electron chi connectivity index (χ1n) is 8.94. The standard InChI is InChI=1S/C22H15F2N3O2S/c23-16-4-1-5-18(11-16)29-10-8-21(28)27(14-15-3-2-9-25-13-15)22-26-19-12-17(24)6-7-20(19)30-22/h1-13H,14H2. The maximum absolute atomic E-state index is 13.5. The molecule has 0 unspecified atom stereocenters. The summed E-state index contributed by atoms with van der Waals surface area (Å²) in [7, 11) is 0. The number of aromatic nitrogens is 2. The lowest BCUT2D eigenvalue weighted by Gasteiger charge is -2.18. The molecular formula is C22H15F2N3O2S. The molecule has 2 aromatic carbocycles. The molecule has 0 spiro atoms. The maximum atomic E-state index is 13.5. The summed E-state index contributed by atoms with van der Waals surface area (Å²) in [5.41, 5.74) is 1.27. The fraction of sp³-hybridized carbons (Fsp3) is 0.0455. The lowest BCUT2D eigenvalue weighted by molar-refractivity contribution is -0.114. The molecule has 0 aliphatic rings. The summed E-state index contributed by atoms with van der Waals surface area (Å²) >= 11 is 1.28. The molecule has 150 valence electrons. The van der Waals surface area contributed by atoms with Crippen LogP contribution < -0.4 is 9.64 Å². The highest BCUT2D eigenvalue weighted by molar-refractivity contribution is 7.22. The molecule has 5 nitrogen and oxygen atoms in total. The Morgan fingerprint density at radius 2 is 1.97 bits per heavy atom. The van der Waals surface area contributed by atoms with Crippen LogP contribution in [0.2, 0.25) is 0 Å². The number of ether oxygens (including phenoxy) is 1. The van der Waals surface area contributed by atoms with E-state index in [2.05, 4.69) is 9.97 Å². The Kier molecular flexibility index (Phi) is 5.76. The summed E-state index contributed by atoms with van der Waals surface area (Å²) in [5, 5.41) is 0.417. The minimum Gasteiger partial charge on any atom is -0.465 e. The number of rotatable bonds is 6. The highest BCUT2D eigenvalue weighted by atomic mass is 32.1. The van der Waals surface area contributed by atoms with Gasteiger partial charge >= 0.3 is 0 Å². The first kappa shape index (κ1) is 19.7. The van der Waals surface area contributed by atoms with Gasteiger partial charge in [-0.1, -0.05) is 23.5 Å². The zero-order valence-electron chi connectivity index (χ0n) is 15.5. The third kappa shape index (κ3) is 4.66. The summed E-state index contributed by atoms with van der Waals surface area (Å²) < 4.78 is 32.9. The van der Waals surface area contributed by atoms with Crippen LogP contribution in [0.15, 0.2) is 79.3 Å². The van der Waals surface area contributed by atoms with E-state index >= 15 is 0 Å². The van der Waals surface area contributed by atoms with Crippen molar-refractivity contribution < 1.29 is 18.3 Å². The topological polar surface area (TPSA) is 55.3 Å². The number of hydrogen-bond donors (Lipinski definition) is 0. The van der Waals surface area contributed by atoms with E-state index in [-0.39, 0.29) is 12.3 Å².